The molecule has 0 radical (unpaired) electrons. The molecule has 4 nitrogen and oxygen atoms in total. The Morgan fingerprint density at radius 1 is 0.690 bits per heavy atom. The highest BCUT2D eigenvalue weighted by molar-refractivity contribution is 5.98. The van der Waals surface area contributed by atoms with Crippen molar-refractivity contribution in [2.45, 2.75) is 0 Å². The van der Waals surface area contributed by atoms with Crippen LogP contribution in [0, 0.1) is 0 Å². The zero-order valence-corrected chi connectivity index (χ0v) is 15.6. The van der Waals surface area contributed by atoms with Crippen molar-refractivity contribution in [2.75, 3.05) is 0 Å². The maximum Gasteiger partial charge on any atom is 0.335 e. The van der Waals surface area contributed by atoms with Crippen molar-refractivity contribution in [3.05, 3.63) is 104 Å². The van der Waals surface area contributed by atoms with Crippen LogP contribution in [0.4, 0.5) is 0 Å². The highest BCUT2D eigenvalue weighted by Gasteiger charge is 2.18. The van der Waals surface area contributed by atoms with Crippen molar-refractivity contribution < 1.29 is 19.0 Å². The lowest BCUT2D eigenvalue weighted by molar-refractivity contribution is -0.128. The maximum atomic E-state index is 12.0. The van der Waals surface area contributed by atoms with Crippen LogP contribution in [0.3, 0.4) is 0 Å². The van der Waals surface area contributed by atoms with Gasteiger partial charge in [0, 0.05) is 22.9 Å². The third-order valence-corrected chi connectivity index (χ3v) is 4.23. The van der Waals surface area contributed by atoms with E-state index in [2.05, 4.69) is 6.58 Å². The van der Waals surface area contributed by atoms with Gasteiger partial charge in [-0.3, -0.25) is 0 Å². The van der Waals surface area contributed by atoms with E-state index in [4.69, 9.17) is 14.2 Å². The molecule has 4 rings (SSSR count). The molecule has 4 aromatic carbocycles. The van der Waals surface area contributed by atoms with Crippen molar-refractivity contribution in [1.29, 1.82) is 0 Å². The molecule has 0 atom stereocenters. The van der Waals surface area contributed by atoms with Crippen LogP contribution in [0.1, 0.15) is 0 Å². The van der Waals surface area contributed by atoms with Crippen LogP contribution in [-0.2, 0) is 4.79 Å². The van der Waals surface area contributed by atoms with Crippen molar-refractivity contribution in [3.63, 3.8) is 0 Å². The van der Waals surface area contributed by atoms with Crippen molar-refractivity contribution >= 4 is 16.7 Å². The van der Waals surface area contributed by atoms with Crippen molar-refractivity contribution in [3.8, 4) is 28.7 Å². The second-order valence-corrected chi connectivity index (χ2v) is 6.20. The summed E-state index contributed by atoms with van der Waals surface area (Å²) in [7, 11) is 0. The summed E-state index contributed by atoms with van der Waals surface area (Å²) in [5.74, 6) is 2.02. The van der Waals surface area contributed by atoms with Gasteiger partial charge >= 0.3 is 5.97 Å². The topological polar surface area (TPSA) is 44.8 Å². The molecule has 4 aromatic rings. The summed E-state index contributed by atoms with van der Waals surface area (Å²) in [6.07, 6.45) is 1.12. The number of hydrogen-bond donors (Lipinski definition) is 0. The molecule has 0 N–H and O–H groups in total. The molecule has 142 valence electrons. The minimum Gasteiger partial charge on any atom is -0.457 e. The molecule has 0 unspecified atom stereocenters. The Morgan fingerprint density at radius 2 is 1.21 bits per heavy atom. The minimum absolute atomic E-state index is 0.315. The first kappa shape index (κ1) is 18.3. The lowest BCUT2D eigenvalue weighted by atomic mass is 10.1. The van der Waals surface area contributed by atoms with Gasteiger partial charge in [0.1, 0.15) is 17.2 Å². The van der Waals surface area contributed by atoms with Crippen molar-refractivity contribution in [2.24, 2.45) is 0 Å². The van der Waals surface area contributed by atoms with Gasteiger partial charge in [0.15, 0.2) is 11.5 Å². The van der Waals surface area contributed by atoms with Gasteiger partial charge in [-0.25, -0.2) is 4.79 Å². The summed E-state index contributed by atoms with van der Waals surface area (Å²) in [5, 5.41) is 1.49. The van der Waals surface area contributed by atoms with E-state index in [1.54, 1.807) is 6.07 Å². The van der Waals surface area contributed by atoms with Crippen molar-refractivity contribution in [1.82, 2.24) is 0 Å². The van der Waals surface area contributed by atoms with E-state index >= 15 is 0 Å². The Balaban J connectivity index is 1.88. The number of fused-ring (bicyclic) bond motifs is 1. The van der Waals surface area contributed by atoms with Gasteiger partial charge in [0.25, 0.3) is 0 Å². The van der Waals surface area contributed by atoms with Crippen LogP contribution in [0.2, 0.25) is 0 Å². The standard InChI is InChI=1S/C25H18O4/c1-2-24(26)29-25-21-16-10-9-15-20(21)22(27-18-11-5-3-6-12-18)17-23(25)28-19-13-7-4-8-14-19/h2-17H,1H2. The number of ether oxygens (including phenoxy) is 3. The molecule has 0 heterocycles. The lowest BCUT2D eigenvalue weighted by Crippen LogP contribution is -2.05. The van der Waals surface area contributed by atoms with E-state index in [0.29, 0.717) is 34.1 Å². The number of para-hydroxylation sites is 2. The molecular formula is C25H18O4. The molecule has 0 aliphatic heterocycles. The first-order chi connectivity index (χ1) is 14.2. The van der Waals surface area contributed by atoms with Gasteiger partial charge in [-0.15, -0.1) is 0 Å². The SMILES string of the molecule is C=CC(=O)Oc1c(Oc2ccccc2)cc(Oc2ccccc2)c2ccccc12. The predicted octanol–water partition coefficient (Wildman–Crippen LogP) is 6.52. The fraction of sp³-hybridized carbons (Fsp3) is 0. The molecule has 0 fully saturated rings. The highest BCUT2D eigenvalue weighted by Crippen LogP contribution is 2.44. The van der Waals surface area contributed by atoms with E-state index in [9.17, 15) is 4.79 Å². The zero-order chi connectivity index (χ0) is 20.1. The van der Waals surface area contributed by atoms with E-state index in [0.717, 1.165) is 11.5 Å². The summed E-state index contributed by atoms with van der Waals surface area (Å²) in [6, 6.07) is 28.0. The van der Waals surface area contributed by atoms with Crippen LogP contribution in [0.25, 0.3) is 10.8 Å². The second-order valence-electron chi connectivity index (χ2n) is 6.20. The predicted molar refractivity (Wildman–Crippen MR) is 113 cm³/mol. The Labute approximate surface area is 168 Å². The third kappa shape index (κ3) is 4.12. The van der Waals surface area contributed by atoms with Crippen LogP contribution >= 0.6 is 0 Å². The molecule has 0 bridgehead atoms. The molecule has 0 aliphatic carbocycles. The summed E-state index contributed by atoms with van der Waals surface area (Å²) in [4.78, 5) is 12.0. The molecule has 0 saturated heterocycles. The molecule has 0 amide bonds. The number of rotatable bonds is 6. The Hall–Kier alpha value is -4.05. The van der Waals surface area contributed by atoms with E-state index in [1.165, 1.54) is 0 Å². The number of carbonyl (C=O) groups excluding carboxylic acids is 1. The average Bonchev–Trinajstić information content (AvgIpc) is 2.77. The Morgan fingerprint density at radius 3 is 1.79 bits per heavy atom. The molecule has 0 spiro atoms. The van der Waals surface area contributed by atoms with Crippen LogP contribution in [0.5, 0.6) is 28.7 Å². The zero-order valence-electron chi connectivity index (χ0n) is 15.6. The molecule has 0 aromatic heterocycles. The van der Waals surface area contributed by atoms with Gasteiger partial charge < -0.3 is 14.2 Å². The average molecular weight is 382 g/mol. The maximum absolute atomic E-state index is 12.0. The minimum atomic E-state index is -0.565. The number of benzene rings is 4. The van der Waals surface area contributed by atoms with Gasteiger partial charge in [-0.2, -0.15) is 0 Å². The van der Waals surface area contributed by atoms with Crippen LogP contribution in [-0.4, -0.2) is 5.97 Å². The quantitative estimate of drug-likeness (QED) is 0.216. The van der Waals surface area contributed by atoms with Crippen LogP contribution < -0.4 is 14.2 Å². The number of esters is 1. The van der Waals surface area contributed by atoms with Gasteiger partial charge in [-0.05, 0) is 24.3 Å². The lowest BCUT2D eigenvalue weighted by Gasteiger charge is -2.17. The summed E-state index contributed by atoms with van der Waals surface area (Å²) >= 11 is 0. The fourth-order valence-corrected chi connectivity index (χ4v) is 2.93. The van der Waals surface area contributed by atoms with Gasteiger partial charge in [0.2, 0.25) is 0 Å². The third-order valence-electron chi connectivity index (χ3n) is 4.23. The molecular weight excluding hydrogens is 364 g/mol. The molecule has 29 heavy (non-hydrogen) atoms. The normalized spacial score (nSPS) is 10.3. The molecule has 4 heteroatoms. The number of hydrogen-bond acceptors (Lipinski definition) is 4. The molecule has 0 saturated carbocycles. The number of carbonyl (C=O) groups is 1. The highest BCUT2D eigenvalue weighted by atomic mass is 16.6. The second kappa shape index (κ2) is 8.31. The molecule has 0 aliphatic rings. The first-order valence-electron chi connectivity index (χ1n) is 9.10. The largest absolute Gasteiger partial charge is 0.457 e. The monoisotopic (exact) mass is 382 g/mol. The van der Waals surface area contributed by atoms with E-state index < -0.39 is 5.97 Å². The first-order valence-corrected chi connectivity index (χ1v) is 9.10. The summed E-state index contributed by atoms with van der Waals surface area (Å²) < 4.78 is 17.7. The van der Waals surface area contributed by atoms with Crippen LogP contribution in [0.15, 0.2) is 104 Å². The van der Waals surface area contributed by atoms with Gasteiger partial charge in [-0.1, -0.05) is 67.2 Å². The summed E-state index contributed by atoms with van der Waals surface area (Å²) in [6.45, 7) is 3.48. The van der Waals surface area contributed by atoms with E-state index in [1.807, 2.05) is 84.9 Å². The smallest absolute Gasteiger partial charge is 0.335 e. The fourth-order valence-electron chi connectivity index (χ4n) is 2.93. The Kier molecular flexibility index (Phi) is 5.25. The van der Waals surface area contributed by atoms with Gasteiger partial charge in [0.05, 0.1) is 0 Å². The summed E-state index contributed by atoms with van der Waals surface area (Å²) in [5.41, 5.74) is 0. The Bertz CT molecular complexity index is 1150. The van der Waals surface area contributed by atoms with E-state index in [-0.39, 0.29) is 0 Å².